The number of aromatic hydroxyl groups is 2. The van der Waals surface area contributed by atoms with Gasteiger partial charge in [-0.05, 0) is 45.9 Å². The monoisotopic (exact) mass is 533 g/mol. The first-order chi connectivity index (χ1) is 16.1. The second kappa shape index (κ2) is 10.8. The Kier molecular flexibility index (Phi) is 9.26. The molecule has 0 spiro atoms. The van der Waals surface area contributed by atoms with Gasteiger partial charge in [0.05, 0.1) is 11.8 Å². The highest BCUT2D eigenvalue weighted by atomic mass is 32.2. The molecule has 3 N–H and O–H groups in total. The Morgan fingerprint density at radius 1 is 0.528 bits per heavy atom. The Morgan fingerprint density at radius 3 is 0.944 bits per heavy atom. The molecule has 0 aliphatic rings. The van der Waals surface area contributed by atoms with Crippen molar-refractivity contribution in [2.75, 3.05) is 11.8 Å². The van der Waals surface area contributed by atoms with E-state index in [9.17, 15) is 15.4 Å². The molecule has 0 radical (unpaired) electrons. The summed E-state index contributed by atoms with van der Waals surface area (Å²) >= 11 is 3.12. The van der Waals surface area contributed by atoms with Crippen molar-refractivity contribution >= 4 is 23.5 Å². The molecule has 0 unspecified atom stereocenters. The molecule has 0 aromatic heterocycles. The summed E-state index contributed by atoms with van der Waals surface area (Å²) in [6.07, 6.45) is 0. The third-order valence-electron chi connectivity index (χ3n) is 6.16. The van der Waals surface area contributed by atoms with Crippen LogP contribution in [0.1, 0.15) is 105 Å². The Bertz CT molecular complexity index is 912. The summed E-state index contributed by atoms with van der Waals surface area (Å²) < 4.78 is 0. The van der Waals surface area contributed by atoms with E-state index in [0.717, 1.165) is 32.0 Å². The van der Waals surface area contributed by atoms with Crippen LogP contribution in [0.4, 0.5) is 0 Å². The molecule has 4 nitrogen and oxygen atoms in total. The van der Waals surface area contributed by atoms with Crippen LogP contribution in [-0.4, -0.2) is 32.2 Å². The van der Waals surface area contributed by atoms with E-state index in [1.54, 1.807) is 23.5 Å². The third-order valence-corrected chi connectivity index (χ3v) is 8.15. The quantitative estimate of drug-likeness (QED) is 0.196. The molecule has 0 amide bonds. The number of hydroxylamine groups is 2. The van der Waals surface area contributed by atoms with Gasteiger partial charge in [-0.25, -0.2) is 0 Å². The molecule has 0 saturated carbocycles. The number of nitrogens with zero attached hydrogens (tertiary/aromatic N) is 1. The average molecular weight is 534 g/mol. The molecule has 202 valence electrons. The van der Waals surface area contributed by atoms with Crippen LogP contribution in [0.5, 0.6) is 11.5 Å². The summed E-state index contributed by atoms with van der Waals surface area (Å²) in [5, 5.41) is 33.9. The number of thioether (sulfide) groups is 2. The predicted molar refractivity (Wildman–Crippen MR) is 156 cm³/mol. The van der Waals surface area contributed by atoms with Gasteiger partial charge >= 0.3 is 0 Å². The fourth-order valence-corrected chi connectivity index (χ4v) is 5.70. The minimum atomic E-state index is -0.191. The van der Waals surface area contributed by atoms with Crippen molar-refractivity contribution in [3.05, 3.63) is 46.5 Å². The molecule has 2 rings (SSSR count). The number of hydrogen-bond donors (Lipinski definition) is 3. The minimum Gasteiger partial charge on any atom is -0.507 e. The second-order valence-corrected chi connectivity index (χ2v) is 15.8. The van der Waals surface area contributed by atoms with Gasteiger partial charge in [0.15, 0.2) is 0 Å². The maximum atomic E-state index is 11.0. The van der Waals surface area contributed by atoms with Gasteiger partial charge in [-0.2, -0.15) is 5.06 Å². The van der Waals surface area contributed by atoms with Gasteiger partial charge in [0.2, 0.25) is 0 Å². The SMILES string of the molecule is CC(C)(C)c1cc(SCN(O)CSc2cc(C(C)(C)C)c(O)c(C(C)(C)C)c2)cc(C(C)(C)C)c1O. The smallest absolute Gasteiger partial charge is 0.123 e. The predicted octanol–water partition coefficient (Wildman–Crippen LogP) is 8.78. The van der Waals surface area contributed by atoms with Crippen molar-refractivity contribution < 1.29 is 15.4 Å². The topological polar surface area (TPSA) is 63.9 Å². The minimum absolute atomic E-state index is 0.191. The van der Waals surface area contributed by atoms with Crippen molar-refractivity contribution in [1.29, 1.82) is 0 Å². The fraction of sp³-hybridized carbons (Fsp3) is 0.600. The lowest BCUT2D eigenvalue weighted by Gasteiger charge is -2.28. The zero-order chi connectivity index (χ0) is 27.9. The highest BCUT2D eigenvalue weighted by Crippen LogP contribution is 2.43. The maximum absolute atomic E-state index is 11.0. The van der Waals surface area contributed by atoms with Crippen molar-refractivity contribution in [2.24, 2.45) is 0 Å². The van der Waals surface area contributed by atoms with E-state index in [4.69, 9.17) is 0 Å². The first kappa shape index (κ1) is 30.9. The number of phenolic OH excluding ortho intramolecular Hbond substituents is 2. The zero-order valence-corrected chi connectivity index (χ0v) is 26.0. The molecule has 2 aromatic carbocycles. The largest absolute Gasteiger partial charge is 0.507 e. The fourth-order valence-electron chi connectivity index (χ4n) is 4.00. The molecule has 0 aliphatic heterocycles. The normalized spacial score (nSPS) is 13.5. The summed E-state index contributed by atoms with van der Waals surface area (Å²) in [6.45, 7) is 25.3. The van der Waals surface area contributed by atoms with Gasteiger partial charge < -0.3 is 15.4 Å². The van der Waals surface area contributed by atoms with Crippen LogP contribution >= 0.6 is 23.5 Å². The van der Waals surface area contributed by atoms with Crippen LogP contribution in [0.25, 0.3) is 0 Å². The van der Waals surface area contributed by atoms with Crippen LogP contribution in [0.15, 0.2) is 34.1 Å². The van der Waals surface area contributed by atoms with Gasteiger partial charge in [-0.3, -0.25) is 0 Å². The molecular weight excluding hydrogens is 486 g/mol. The van der Waals surface area contributed by atoms with E-state index in [2.05, 4.69) is 83.1 Å². The summed E-state index contributed by atoms with van der Waals surface area (Å²) in [4.78, 5) is 2.06. The lowest BCUT2D eigenvalue weighted by atomic mass is 9.79. The van der Waals surface area contributed by atoms with E-state index in [1.807, 2.05) is 24.3 Å². The van der Waals surface area contributed by atoms with Crippen molar-refractivity contribution in [3.8, 4) is 11.5 Å². The van der Waals surface area contributed by atoms with Gasteiger partial charge in [0.25, 0.3) is 0 Å². The summed E-state index contributed by atoms with van der Waals surface area (Å²) in [5.74, 6) is 1.54. The van der Waals surface area contributed by atoms with E-state index < -0.39 is 0 Å². The summed E-state index contributed by atoms with van der Waals surface area (Å²) in [7, 11) is 0. The maximum Gasteiger partial charge on any atom is 0.123 e. The lowest BCUT2D eigenvalue weighted by Crippen LogP contribution is -2.19. The standard InChI is InChI=1S/C30H47NO3S2/c1-27(2,3)21-13-19(14-22(25(21)32)28(4,5)6)35-17-31(34)18-36-20-15-23(29(7,8)9)26(33)24(16-20)30(10,11)12/h13-16,32-34H,17-18H2,1-12H3. The van der Waals surface area contributed by atoms with E-state index in [1.165, 1.54) is 5.06 Å². The van der Waals surface area contributed by atoms with Crippen molar-refractivity contribution in [1.82, 2.24) is 5.06 Å². The Balaban J connectivity index is 2.23. The Morgan fingerprint density at radius 2 is 0.750 bits per heavy atom. The number of rotatable bonds is 6. The van der Waals surface area contributed by atoms with E-state index in [0.29, 0.717) is 23.3 Å². The molecule has 0 bridgehead atoms. The molecule has 6 heteroatoms. The van der Waals surface area contributed by atoms with Crippen LogP contribution in [0.3, 0.4) is 0 Å². The molecule has 0 saturated heterocycles. The molecule has 0 fully saturated rings. The average Bonchev–Trinajstić information content (AvgIpc) is 2.68. The zero-order valence-electron chi connectivity index (χ0n) is 24.3. The van der Waals surface area contributed by atoms with E-state index in [-0.39, 0.29) is 21.7 Å². The van der Waals surface area contributed by atoms with Crippen molar-refractivity contribution in [2.45, 2.75) is 115 Å². The Labute approximate surface area is 227 Å². The highest BCUT2D eigenvalue weighted by molar-refractivity contribution is 8.00. The molecular formula is C30H47NO3S2. The van der Waals surface area contributed by atoms with Crippen LogP contribution in [0.2, 0.25) is 0 Å². The molecule has 0 atom stereocenters. The molecule has 2 aromatic rings. The highest BCUT2D eigenvalue weighted by Gasteiger charge is 2.28. The summed E-state index contributed by atoms with van der Waals surface area (Å²) in [6, 6.07) is 8.17. The molecule has 0 aliphatic carbocycles. The van der Waals surface area contributed by atoms with Gasteiger partial charge in [0, 0.05) is 32.0 Å². The number of hydrogen-bond acceptors (Lipinski definition) is 6. The van der Waals surface area contributed by atoms with Gasteiger partial charge in [-0.1, -0.05) is 83.1 Å². The third kappa shape index (κ3) is 7.83. The lowest BCUT2D eigenvalue weighted by molar-refractivity contribution is -0.0516. The van der Waals surface area contributed by atoms with Gasteiger partial charge in [0.1, 0.15) is 11.5 Å². The number of phenols is 2. The molecule has 36 heavy (non-hydrogen) atoms. The second-order valence-electron chi connectivity index (χ2n) is 13.8. The number of benzene rings is 2. The van der Waals surface area contributed by atoms with Crippen molar-refractivity contribution in [3.63, 3.8) is 0 Å². The first-order valence-corrected chi connectivity index (χ1v) is 14.5. The Hall–Kier alpha value is -1.34. The van der Waals surface area contributed by atoms with Crippen LogP contribution < -0.4 is 0 Å². The van der Waals surface area contributed by atoms with E-state index >= 15 is 0 Å². The van der Waals surface area contributed by atoms with Gasteiger partial charge in [-0.15, -0.1) is 23.5 Å². The first-order valence-electron chi connectivity index (χ1n) is 12.6. The molecule has 0 heterocycles. The summed E-state index contributed by atoms with van der Waals surface area (Å²) in [5.41, 5.74) is 2.92. The van der Waals surface area contributed by atoms with Crippen LogP contribution in [0, 0.1) is 0 Å². The van der Waals surface area contributed by atoms with Crippen LogP contribution in [-0.2, 0) is 21.7 Å².